The van der Waals surface area contributed by atoms with Crippen LogP contribution in [0.3, 0.4) is 0 Å². The van der Waals surface area contributed by atoms with Crippen LogP contribution in [0.4, 0.5) is 0 Å². The lowest BCUT2D eigenvalue weighted by Gasteiger charge is -2.14. The van der Waals surface area contributed by atoms with Crippen molar-refractivity contribution in [2.75, 3.05) is 6.26 Å². The molecule has 2 nitrogen and oxygen atoms in total. The van der Waals surface area contributed by atoms with E-state index in [2.05, 4.69) is 0 Å². The van der Waals surface area contributed by atoms with Crippen molar-refractivity contribution in [3.8, 4) is 11.5 Å². The number of nitrogens with two attached hydrogens (primary N) is 1. The van der Waals surface area contributed by atoms with E-state index < -0.39 is 0 Å². The minimum atomic E-state index is 0.281. The average Bonchev–Trinajstić information content (AvgIpc) is 2.43. The molecule has 0 heterocycles. The standard InChI is InChI=1S/C14H11Cl2NOS2/c1-20-11-7-3-5-9(12(11)14(17)19)18-10-6-2-4-8(15)13(10)16/h2-7H,1H3,(H2,17,19). The Labute approximate surface area is 137 Å². The molecule has 6 heteroatoms. The fourth-order valence-electron chi connectivity index (χ4n) is 1.69. The van der Waals surface area contributed by atoms with Crippen LogP contribution in [0.5, 0.6) is 11.5 Å². The predicted molar refractivity (Wildman–Crippen MR) is 90.6 cm³/mol. The predicted octanol–water partition coefficient (Wildman–Crippen LogP) is 5.14. The van der Waals surface area contributed by atoms with Crippen LogP contribution in [0.25, 0.3) is 0 Å². The van der Waals surface area contributed by atoms with Gasteiger partial charge in [-0.25, -0.2) is 0 Å². The Kier molecular flexibility index (Phi) is 5.16. The molecule has 0 aliphatic heterocycles. The average molecular weight is 344 g/mol. The van der Waals surface area contributed by atoms with Crippen molar-refractivity contribution < 1.29 is 4.74 Å². The highest BCUT2D eigenvalue weighted by atomic mass is 35.5. The van der Waals surface area contributed by atoms with Gasteiger partial charge in [-0.15, -0.1) is 11.8 Å². The van der Waals surface area contributed by atoms with Gasteiger partial charge in [0.2, 0.25) is 0 Å². The molecule has 0 bridgehead atoms. The first-order valence-corrected chi connectivity index (χ1v) is 8.02. The molecule has 2 N–H and O–H groups in total. The van der Waals surface area contributed by atoms with Gasteiger partial charge in [0.25, 0.3) is 0 Å². The van der Waals surface area contributed by atoms with Crippen LogP contribution < -0.4 is 10.5 Å². The fourth-order valence-corrected chi connectivity index (χ4v) is 2.93. The first kappa shape index (κ1) is 15.4. The summed E-state index contributed by atoms with van der Waals surface area (Å²) in [5.74, 6) is 1.03. The summed E-state index contributed by atoms with van der Waals surface area (Å²) in [6.07, 6.45) is 1.95. The van der Waals surface area contributed by atoms with E-state index >= 15 is 0 Å². The number of halogens is 2. The minimum Gasteiger partial charge on any atom is -0.455 e. The van der Waals surface area contributed by atoms with E-state index in [9.17, 15) is 0 Å². The molecule has 2 rings (SSSR count). The number of rotatable bonds is 4. The number of ether oxygens (including phenoxy) is 1. The quantitative estimate of drug-likeness (QED) is 0.615. The van der Waals surface area contributed by atoms with Gasteiger partial charge in [0.05, 0.1) is 10.6 Å². The van der Waals surface area contributed by atoms with Crippen LogP contribution in [-0.4, -0.2) is 11.2 Å². The van der Waals surface area contributed by atoms with Gasteiger partial charge in [0.15, 0.2) is 0 Å². The molecule has 104 valence electrons. The van der Waals surface area contributed by atoms with E-state index in [1.165, 1.54) is 0 Å². The molecular weight excluding hydrogens is 333 g/mol. The SMILES string of the molecule is CSc1cccc(Oc2cccc(Cl)c2Cl)c1C(N)=S. The smallest absolute Gasteiger partial charge is 0.147 e. The third-order valence-electron chi connectivity index (χ3n) is 2.59. The molecule has 0 spiro atoms. The zero-order valence-corrected chi connectivity index (χ0v) is 13.7. The monoisotopic (exact) mass is 343 g/mol. The minimum absolute atomic E-state index is 0.281. The van der Waals surface area contributed by atoms with Crippen molar-refractivity contribution in [2.24, 2.45) is 5.73 Å². The molecule has 0 fully saturated rings. The van der Waals surface area contributed by atoms with Crippen molar-refractivity contribution in [2.45, 2.75) is 4.90 Å². The molecule has 2 aromatic rings. The highest BCUT2D eigenvalue weighted by Gasteiger charge is 2.14. The summed E-state index contributed by atoms with van der Waals surface area (Å²) in [6, 6.07) is 10.8. The van der Waals surface area contributed by atoms with Gasteiger partial charge in [-0.05, 0) is 30.5 Å². The van der Waals surface area contributed by atoms with Crippen molar-refractivity contribution in [3.63, 3.8) is 0 Å². The van der Waals surface area contributed by atoms with Crippen molar-refractivity contribution in [1.82, 2.24) is 0 Å². The zero-order chi connectivity index (χ0) is 14.7. The largest absolute Gasteiger partial charge is 0.455 e. The highest BCUT2D eigenvalue weighted by Crippen LogP contribution is 2.37. The van der Waals surface area contributed by atoms with Crippen LogP contribution in [0.1, 0.15) is 5.56 Å². The Morgan fingerprint density at radius 3 is 2.45 bits per heavy atom. The van der Waals surface area contributed by atoms with Crippen molar-refractivity contribution in [3.05, 3.63) is 52.0 Å². The first-order valence-electron chi connectivity index (χ1n) is 5.63. The van der Waals surface area contributed by atoms with E-state index in [-0.39, 0.29) is 4.99 Å². The zero-order valence-electron chi connectivity index (χ0n) is 10.5. The number of thiocarbonyl (C=S) groups is 1. The molecule has 0 aromatic heterocycles. The summed E-state index contributed by atoms with van der Waals surface area (Å²) < 4.78 is 5.83. The topological polar surface area (TPSA) is 35.2 Å². The molecule has 20 heavy (non-hydrogen) atoms. The van der Waals surface area contributed by atoms with E-state index in [0.717, 1.165) is 4.90 Å². The first-order chi connectivity index (χ1) is 9.54. The van der Waals surface area contributed by atoms with Crippen molar-refractivity contribution >= 4 is 52.2 Å². The van der Waals surface area contributed by atoms with E-state index in [4.69, 9.17) is 45.9 Å². The summed E-state index contributed by atoms with van der Waals surface area (Å²) >= 11 is 18.7. The molecule has 2 aromatic carbocycles. The lowest BCUT2D eigenvalue weighted by atomic mass is 10.2. The molecule has 0 aliphatic rings. The Bertz CT molecular complexity index is 662. The normalized spacial score (nSPS) is 10.3. The fraction of sp³-hybridized carbons (Fsp3) is 0.0714. The molecule has 0 atom stereocenters. The third-order valence-corrected chi connectivity index (χ3v) is 4.38. The summed E-state index contributed by atoms with van der Waals surface area (Å²) in [5.41, 5.74) is 6.49. The molecule has 0 saturated carbocycles. The summed E-state index contributed by atoms with van der Waals surface area (Å²) in [7, 11) is 0. The maximum atomic E-state index is 6.12. The number of hydrogen-bond acceptors (Lipinski definition) is 3. The van der Waals surface area contributed by atoms with Gasteiger partial charge < -0.3 is 10.5 Å². The second kappa shape index (κ2) is 6.68. The maximum absolute atomic E-state index is 6.12. The molecule has 0 saturated heterocycles. The Morgan fingerprint density at radius 1 is 1.15 bits per heavy atom. The molecule has 0 radical (unpaired) electrons. The number of hydrogen-bond donors (Lipinski definition) is 1. The number of benzene rings is 2. The van der Waals surface area contributed by atoms with Gasteiger partial charge in [0.1, 0.15) is 21.5 Å². The summed E-state index contributed by atoms with van der Waals surface area (Å²) in [5, 5.41) is 0.791. The highest BCUT2D eigenvalue weighted by molar-refractivity contribution is 7.98. The van der Waals surface area contributed by atoms with Crippen LogP contribution >= 0.6 is 47.2 Å². The molecule has 0 aliphatic carbocycles. The third kappa shape index (κ3) is 3.20. The Morgan fingerprint density at radius 2 is 1.80 bits per heavy atom. The van der Waals surface area contributed by atoms with Gasteiger partial charge in [-0.2, -0.15) is 0 Å². The Balaban J connectivity index is 2.48. The van der Waals surface area contributed by atoms with Crippen LogP contribution in [0, 0.1) is 0 Å². The van der Waals surface area contributed by atoms with Gasteiger partial charge in [-0.1, -0.05) is 47.6 Å². The maximum Gasteiger partial charge on any atom is 0.147 e. The molecular formula is C14H11Cl2NOS2. The van der Waals surface area contributed by atoms with E-state index in [1.807, 2.05) is 18.4 Å². The van der Waals surface area contributed by atoms with Crippen LogP contribution in [-0.2, 0) is 0 Å². The molecule has 0 unspecified atom stereocenters. The number of thioether (sulfide) groups is 1. The van der Waals surface area contributed by atoms with E-state index in [0.29, 0.717) is 27.1 Å². The lowest BCUT2D eigenvalue weighted by Crippen LogP contribution is -2.12. The second-order valence-corrected chi connectivity index (χ2v) is 5.92. The van der Waals surface area contributed by atoms with Crippen molar-refractivity contribution in [1.29, 1.82) is 0 Å². The van der Waals surface area contributed by atoms with E-state index in [1.54, 1.807) is 36.0 Å². The van der Waals surface area contributed by atoms with Gasteiger partial charge in [0, 0.05) is 4.90 Å². The van der Waals surface area contributed by atoms with Crippen LogP contribution in [0.2, 0.25) is 10.0 Å². The Hall–Kier alpha value is -0.940. The summed E-state index contributed by atoms with van der Waals surface area (Å²) in [4.78, 5) is 1.23. The molecule has 0 amide bonds. The van der Waals surface area contributed by atoms with Gasteiger partial charge >= 0.3 is 0 Å². The van der Waals surface area contributed by atoms with Gasteiger partial charge in [-0.3, -0.25) is 0 Å². The lowest BCUT2D eigenvalue weighted by molar-refractivity contribution is 0.480. The second-order valence-electron chi connectivity index (χ2n) is 3.85. The summed E-state index contributed by atoms with van der Waals surface area (Å²) in [6.45, 7) is 0. The van der Waals surface area contributed by atoms with Crippen LogP contribution in [0.15, 0.2) is 41.3 Å².